The molecule has 0 unspecified atom stereocenters. The lowest BCUT2D eigenvalue weighted by molar-refractivity contribution is -0.198. The number of hydrogen-bond acceptors (Lipinski definition) is 6. The van der Waals surface area contributed by atoms with E-state index in [-0.39, 0.29) is 18.9 Å². The number of nitrogens with two attached hydrogens (primary N) is 1. The van der Waals surface area contributed by atoms with E-state index in [4.69, 9.17) is 10.5 Å². The van der Waals surface area contributed by atoms with Crippen LogP contribution in [0.2, 0.25) is 0 Å². The van der Waals surface area contributed by atoms with Crippen molar-refractivity contribution in [2.24, 2.45) is 5.73 Å². The second-order valence-electron chi connectivity index (χ2n) is 7.96. The molecule has 1 amide bonds. The normalized spacial score (nSPS) is 27.1. The minimum absolute atomic E-state index is 0.000486. The van der Waals surface area contributed by atoms with Crippen LogP contribution in [-0.4, -0.2) is 62.9 Å². The Morgan fingerprint density at radius 1 is 1.43 bits per heavy atom. The summed E-state index contributed by atoms with van der Waals surface area (Å²) in [5.41, 5.74) is 1.61. The summed E-state index contributed by atoms with van der Waals surface area (Å²) in [6.07, 6.45) is 3.25. The number of halogens is 1. The molecule has 0 bridgehead atoms. The van der Waals surface area contributed by atoms with Crippen LogP contribution in [0.4, 0.5) is 4.39 Å². The number of H-pyrrole nitrogens is 1. The molecular formula is C18H27FN4O5. The molecule has 0 radical (unpaired) electrons. The van der Waals surface area contributed by atoms with Gasteiger partial charge in [0.05, 0.1) is 30.0 Å². The summed E-state index contributed by atoms with van der Waals surface area (Å²) in [5, 5.41) is 11.0. The summed E-state index contributed by atoms with van der Waals surface area (Å²) >= 11 is 0. The van der Waals surface area contributed by atoms with Crippen molar-refractivity contribution in [2.75, 3.05) is 26.2 Å². The number of carbonyl (C=O) groups is 1. The van der Waals surface area contributed by atoms with Gasteiger partial charge in [-0.25, -0.2) is 4.79 Å². The minimum Gasteiger partial charge on any atom is -0.388 e. The van der Waals surface area contributed by atoms with Crippen molar-refractivity contribution in [1.29, 1.82) is 0 Å². The molecule has 156 valence electrons. The summed E-state index contributed by atoms with van der Waals surface area (Å²) in [4.78, 5) is 39.2. The fourth-order valence-corrected chi connectivity index (χ4v) is 4.22. The topological polar surface area (TPSA) is 131 Å². The Bertz CT molecular complexity index is 841. The van der Waals surface area contributed by atoms with Gasteiger partial charge >= 0.3 is 5.69 Å². The lowest BCUT2D eigenvalue weighted by atomic mass is 9.75. The first kappa shape index (κ1) is 20.7. The highest BCUT2D eigenvalue weighted by atomic mass is 19.1. The fraction of sp³-hybridized carbons (Fsp3) is 0.722. The zero-order valence-electron chi connectivity index (χ0n) is 15.9. The van der Waals surface area contributed by atoms with Gasteiger partial charge in [0.25, 0.3) is 5.56 Å². The third kappa shape index (κ3) is 4.03. The number of carbonyl (C=O) groups excluding carboxylic acids is 1. The number of aromatic nitrogens is 2. The Labute approximate surface area is 161 Å². The lowest BCUT2D eigenvalue weighted by Crippen LogP contribution is -2.59. The molecule has 28 heavy (non-hydrogen) atoms. The van der Waals surface area contributed by atoms with Crippen LogP contribution in [0.1, 0.15) is 45.1 Å². The fourth-order valence-electron chi connectivity index (χ4n) is 4.22. The average Bonchev–Trinajstić information content (AvgIpc) is 2.63. The van der Waals surface area contributed by atoms with Crippen molar-refractivity contribution in [3.8, 4) is 0 Å². The smallest absolute Gasteiger partial charge is 0.328 e. The molecule has 2 fully saturated rings. The second kappa shape index (κ2) is 7.76. The first-order valence-electron chi connectivity index (χ1n) is 9.53. The Morgan fingerprint density at radius 3 is 2.71 bits per heavy atom. The van der Waals surface area contributed by atoms with Crippen molar-refractivity contribution in [2.45, 2.75) is 56.3 Å². The number of ether oxygens (including phenoxy) is 1. The SMILES string of the molecule is C[C@]1(O)CC2(CCN(C(=O)CCCN)CC2)OC[C@@H]1n1cc(F)c(=O)[nH]c1=O. The summed E-state index contributed by atoms with van der Waals surface area (Å²) in [6.45, 7) is 3.10. The number of amides is 1. The Hall–Kier alpha value is -2.04. The van der Waals surface area contributed by atoms with Gasteiger partial charge in [0.2, 0.25) is 11.7 Å². The zero-order chi connectivity index (χ0) is 20.5. The average molecular weight is 398 g/mol. The summed E-state index contributed by atoms with van der Waals surface area (Å²) in [7, 11) is 0. The largest absolute Gasteiger partial charge is 0.388 e. The molecule has 2 saturated heterocycles. The Morgan fingerprint density at radius 2 is 2.11 bits per heavy atom. The Balaban J connectivity index is 1.71. The molecular weight excluding hydrogens is 371 g/mol. The molecule has 2 atom stereocenters. The van der Waals surface area contributed by atoms with Crippen molar-refractivity contribution in [3.63, 3.8) is 0 Å². The maximum absolute atomic E-state index is 13.7. The monoisotopic (exact) mass is 398 g/mol. The summed E-state index contributed by atoms with van der Waals surface area (Å²) < 4.78 is 20.7. The van der Waals surface area contributed by atoms with Gasteiger partial charge in [0.1, 0.15) is 0 Å². The lowest BCUT2D eigenvalue weighted by Gasteiger charge is -2.51. The maximum atomic E-state index is 13.7. The molecule has 2 aliphatic rings. The van der Waals surface area contributed by atoms with Crippen molar-refractivity contribution >= 4 is 5.91 Å². The molecule has 3 heterocycles. The van der Waals surface area contributed by atoms with Crippen LogP contribution in [0.3, 0.4) is 0 Å². The molecule has 4 N–H and O–H groups in total. The second-order valence-corrected chi connectivity index (χ2v) is 7.96. The van der Waals surface area contributed by atoms with Gasteiger partial charge in [-0.3, -0.25) is 19.1 Å². The number of piperidine rings is 1. The van der Waals surface area contributed by atoms with Gasteiger partial charge in [0, 0.05) is 25.9 Å². The molecule has 9 nitrogen and oxygen atoms in total. The number of nitrogens with one attached hydrogen (secondary N) is 1. The van der Waals surface area contributed by atoms with E-state index in [1.807, 2.05) is 4.98 Å². The first-order chi connectivity index (χ1) is 13.2. The molecule has 1 aromatic rings. The van der Waals surface area contributed by atoms with E-state index in [1.165, 1.54) is 0 Å². The zero-order valence-corrected chi connectivity index (χ0v) is 15.9. The molecule has 1 aromatic heterocycles. The van der Waals surface area contributed by atoms with Crippen LogP contribution in [0, 0.1) is 5.82 Å². The molecule has 3 rings (SSSR count). The number of aliphatic hydroxyl groups is 1. The van der Waals surface area contributed by atoms with E-state index in [1.54, 1.807) is 11.8 Å². The van der Waals surface area contributed by atoms with Gasteiger partial charge in [-0.15, -0.1) is 0 Å². The van der Waals surface area contributed by atoms with Crippen LogP contribution in [0.25, 0.3) is 0 Å². The molecule has 1 spiro atoms. The number of hydrogen-bond donors (Lipinski definition) is 3. The standard InChI is InChI=1S/C18H27FN4O5/c1-17(27)11-18(4-7-22(8-5-18)14(24)3-2-6-20)28-10-13(17)23-9-12(19)15(25)21-16(23)26/h9,13,27H,2-8,10-11,20H2,1H3,(H,21,25,26)/t13-,17-/m0/s1. The van der Waals surface area contributed by atoms with E-state index in [0.717, 1.165) is 10.8 Å². The van der Waals surface area contributed by atoms with Crippen LogP contribution in [0.15, 0.2) is 15.8 Å². The highest BCUT2D eigenvalue weighted by Gasteiger charge is 2.50. The number of rotatable bonds is 4. The predicted octanol–water partition coefficient (Wildman–Crippen LogP) is -0.512. The van der Waals surface area contributed by atoms with Crippen LogP contribution < -0.4 is 17.0 Å². The minimum atomic E-state index is -1.35. The van der Waals surface area contributed by atoms with Gasteiger partial charge in [-0.1, -0.05) is 0 Å². The molecule has 0 aliphatic carbocycles. The van der Waals surface area contributed by atoms with Crippen LogP contribution in [-0.2, 0) is 9.53 Å². The van der Waals surface area contributed by atoms with Gasteiger partial charge in [-0.05, 0) is 32.7 Å². The molecule has 10 heteroatoms. The van der Waals surface area contributed by atoms with E-state index < -0.39 is 34.3 Å². The van der Waals surface area contributed by atoms with E-state index in [9.17, 15) is 23.9 Å². The third-order valence-electron chi connectivity index (χ3n) is 5.83. The van der Waals surface area contributed by atoms with Gasteiger partial charge in [-0.2, -0.15) is 4.39 Å². The van der Waals surface area contributed by atoms with Crippen molar-refractivity contribution in [3.05, 3.63) is 32.9 Å². The summed E-state index contributed by atoms with van der Waals surface area (Å²) in [6, 6.07) is -0.832. The highest BCUT2D eigenvalue weighted by molar-refractivity contribution is 5.76. The van der Waals surface area contributed by atoms with Gasteiger partial charge in [0.15, 0.2) is 0 Å². The number of likely N-dealkylation sites (tertiary alicyclic amines) is 1. The summed E-state index contributed by atoms with van der Waals surface area (Å²) in [5.74, 6) is -1.03. The molecule has 2 aliphatic heterocycles. The van der Waals surface area contributed by atoms with E-state index in [0.29, 0.717) is 45.3 Å². The molecule has 0 saturated carbocycles. The van der Waals surface area contributed by atoms with Crippen molar-refractivity contribution < 1.29 is 19.0 Å². The van der Waals surface area contributed by atoms with Crippen molar-refractivity contribution in [1.82, 2.24) is 14.5 Å². The first-order valence-corrected chi connectivity index (χ1v) is 9.53. The quantitative estimate of drug-likeness (QED) is 0.626. The van der Waals surface area contributed by atoms with E-state index in [2.05, 4.69) is 0 Å². The predicted molar refractivity (Wildman–Crippen MR) is 98.3 cm³/mol. The highest BCUT2D eigenvalue weighted by Crippen LogP contribution is 2.43. The maximum Gasteiger partial charge on any atom is 0.328 e. The Kier molecular flexibility index (Phi) is 5.74. The molecule has 0 aromatic carbocycles. The number of nitrogens with zero attached hydrogens (tertiary/aromatic N) is 2. The van der Waals surface area contributed by atoms with E-state index >= 15 is 0 Å². The third-order valence-corrected chi connectivity index (χ3v) is 5.83. The van der Waals surface area contributed by atoms with Crippen LogP contribution >= 0.6 is 0 Å². The van der Waals surface area contributed by atoms with Gasteiger partial charge < -0.3 is 20.5 Å². The number of aromatic amines is 1. The van der Waals surface area contributed by atoms with Crippen LogP contribution in [0.5, 0.6) is 0 Å².